The maximum atomic E-state index is 3.60. The maximum Gasteiger partial charge on any atom is 0.0379 e. The molecule has 0 saturated heterocycles. The number of fused-ring (bicyclic) bond motifs is 1. The zero-order chi connectivity index (χ0) is 15.4. The Morgan fingerprint density at radius 2 is 1.77 bits per heavy atom. The van der Waals surface area contributed by atoms with Gasteiger partial charge in [0.25, 0.3) is 0 Å². The third-order valence-electron chi connectivity index (χ3n) is 5.06. The van der Waals surface area contributed by atoms with E-state index in [0.717, 1.165) is 19.6 Å². The molecule has 3 rings (SSSR count). The normalized spacial score (nSPS) is 20.0. The van der Waals surface area contributed by atoms with Crippen LogP contribution < -0.4 is 5.32 Å². The molecule has 1 unspecified atom stereocenters. The molecule has 0 bridgehead atoms. The Labute approximate surface area is 134 Å². The molecule has 2 nitrogen and oxygen atoms in total. The first-order valence-corrected chi connectivity index (χ1v) is 8.29. The molecule has 0 aromatic heterocycles. The van der Waals surface area contributed by atoms with Crippen molar-refractivity contribution in [2.24, 2.45) is 0 Å². The van der Waals surface area contributed by atoms with Crippen LogP contribution in [0.25, 0.3) is 0 Å². The fraction of sp³-hybridized carbons (Fsp3) is 0.400. The molecule has 0 saturated carbocycles. The zero-order valence-electron chi connectivity index (χ0n) is 13.7. The van der Waals surface area contributed by atoms with Crippen LogP contribution in [0.2, 0.25) is 0 Å². The standard InChI is InChI=1S/C20H26N2/c1-3-20(16-21-19-12-8-7-11-18(19)20)13-14-22(2)15-17-9-5-4-6-10-17/h4-12,21H,3,13-16H2,1-2H3. The summed E-state index contributed by atoms with van der Waals surface area (Å²) < 4.78 is 0. The topological polar surface area (TPSA) is 15.3 Å². The largest absolute Gasteiger partial charge is 0.384 e. The Kier molecular flexibility index (Phi) is 4.49. The third-order valence-corrected chi connectivity index (χ3v) is 5.06. The lowest BCUT2D eigenvalue weighted by atomic mass is 9.77. The number of rotatable bonds is 6. The van der Waals surface area contributed by atoms with Gasteiger partial charge in [-0.05, 0) is 43.6 Å². The highest BCUT2D eigenvalue weighted by Gasteiger charge is 2.36. The smallest absolute Gasteiger partial charge is 0.0379 e. The van der Waals surface area contributed by atoms with Crippen molar-refractivity contribution in [3.05, 3.63) is 65.7 Å². The van der Waals surface area contributed by atoms with Crippen LogP contribution in [0.4, 0.5) is 5.69 Å². The van der Waals surface area contributed by atoms with Crippen LogP contribution in [0.1, 0.15) is 30.9 Å². The molecule has 0 spiro atoms. The summed E-state index contributed by atoms with van der Waals surface area (Å²) in [7, 11) is 2.23. The van der Waals surface area contributed by atoms with E-state index in [1.165, 1.54) is 29.7 Å². The van der Waals surface area contributed by atoms with Crippen LogP contribution in [0.3, 0.4) is 0 Å². The minimum absolute atomic E-state index is 0.293. The number of nitrogens with zero attached hydrogens (tertiary/aromatic N) is 1. The first-order chi connectivity index (χ1) is 10.7. The maximum absolute atomic E-state index is 3.60. The fourth-order valence-corrected chi connectivity index (χ4v) is 3.55. The van der Waals surface area contributed by atoms with Crippen molar-refractivity contribution in [2.45, 2.75) is 31.7 Å². The predicted molar refractivity (Wildman–Crippen MR) is 94.3 cm³/mol. The number of benzene rings is 2. The fourth-order valence-electron chi connectivity index (χ4n) is 3.55. The highest BCUT2D eigenvalue weighted by atomic mass is 15.1. The van der Waals surface area contributed by atoms with Crippen molar-refractivity contribution in [3.8, 4) is 0 Å². The monoisotopic (exact) mass is 294 g/mol. The summed E-state index contributed by atoms with van der Waals surface area (Å²) >= 11 is 0. The van der Waals surface area contributed by atoms with Crippen LogP contribution >= 0.6 is 0 Å². The van der Waals surface area contributed by atoms with Crippen molar-refractivity contribution in [1.82, 2.24) is 4.90 Å². The number of hydrogen-bond acceptors (Lipinski definition) is 2. The average Bonchev–Trinajstić information content (AvgIpc) is 2.93. The van der Waals surface area contributed by atoms with Gasteiger partial charge >= 0.3 is 0 Å². The van der Waals surface area contributed by atoms with Crippen LogP contribution in [0.15, 0.2) is 54.6 Å². The predicted octanol–water partition coefficient (Wildman–Crippen LogP) is 4.28. The van der Waals surface area contributed by atoms with E-state index in [4.69, 9.17) is 0 Å². The summed E-state index contributed by atoms with van der Waals surface area (Å²) in [4.78, 5) is 2.44. The van der Waals surface area contributed by atoms with E-state index in [-0.39, 0.29) is 0 Å². The minimum Gasteiger partial charge on any atom is -0.384 e. The summed E-state index contributed by atoms with van der Waals surface area (Å²) in [6.07, 6.45) is 2.40. The van der Waals surface area contributed by atoms with Crippen molar-refractivity contribution >= 4 is 5.69 Å². The second kappa shape index (κ2) is 6.53. The molecule has 22 heavy (non-hydrogen) atoms. The lowest BCUT2D eigenvalue weighted by molar-refractivity contribution is 0.276. The van der Waals surface area contributed by atoms with Crippen LogP contribution in [0.5, 0.6) is 0 Å². The number of para-hydroxylation sites is 1. The van der Waals surface area contributed by atoms with Gasteiger partial charge in [0.2, 0.25) is 0 Å². The van der Waals surface area contributed by atoms with Crippen LogP contribution in [0, 0.1) is 0 Å². The number of hydrogen-bond donors (Lipinski definition) is 1. The van der Waals surface area contributed by atoms with Gasteiger partial charge < -0.3 is 10.2 Å². The van der Waals surface area contributed by atoms with E-state index in [0.29, 0.717) is 5.41 Å². The van der Waals surface area contributed by atoms with Gasteiger partial charge in [-0.1, -0.05) is 55.5 Å². The van der Waals surface area contributed by atoms with Crippen molar-refractivity contribution < 1.29 is 0 Å². The Morgan fingerprint density at radius 3 is 2.55 bits per heavy atom. The second-order valence-corrected chi connectivity index (χ2v) is 6.51. The van der Waals surface area contributed by atoms with Gasteiger partial charge in [0.1, 0.15) is 0 Å². The zero-order valence-corrected chi connectivity index (χ0v) is 13.7. The van der Waals surface area contributed by atoms with Gasteiger partial charge in [-0.15, -0.1) is 0 Å². The molecule has 2 aromatic rings. The van der Waals surface area contributed by atoms with E-state index in [1.807, 2.05) is 0 Å². The molecule has 0 aliphatic carbocycles. The first-order valence-electron chi connectivity index (χ1n) is 8.29. The Balaban J connectivity index is 1.65. The molecule has 1 N–H and O–H groups in total. The molecule has 2 heteroatoms. The summed E-state index contributed by atoms with van der Waals surface area (Å²) in [5.74, 6) is 0. The van der Waals surface area contributed by atoms with E-state index >= 15 is 0 Å². The first kappa shape index (κ1) is 15.1. The number of anilines is 1. The average molecular weight is 294 g/mol. The Morgan fingerprint density at radius 1 is 1.05 bits per heavy atom. The SMILES string of the molecule is CCC1(CCN(C)Cc2ccccc2)CNc2ccccc21. The molecule has 2 aromatic carbocycles. The molecule has 0 amide bonds. The Hall–Kier alpha value is -1.80. The summed E-state index contributed by atoms with van der Waals surface area (Å²) in [5, 5.41) is 3.60. The molecule has 0 radical (unpaired) electrons. The van der Waals surface area contributed by atoms with E-state index in [1.54, 1.807) is 0 Å². The van der Waals surface area contributed by atoms with E-state index in [2.05, 4.69) is 78.8 Å². The van der Waals surface area contributed by atoms with Gasteiger partial charge in [0.05, 0.1) is 0 Å². The molecule has 0 fully saturated rings. The van der Waals surface area contributed by atoms with Crippen LogP contribution in [-0.4, -0.2) is 25.0 Å². The summed E-state index contributed by atoms with van der Waals surface area (Å²) in [6, 6.07) is 19.5. The van der Waals surface area contributed by atoms with Crippen molar-refractivity contribution in [1.29, 1.82) is 0 Å². The van der Waals surface area contributed by atoms with Gasteiger partial charge in [-0.2, -0.15) is 0 Å². The quantitative estimate of drug-likeness (QED) is 0.855. The molecule has 1 heterocycles. The Bertz CT molecular complexity index is 608. The molecular weight excluding hydrogens is 268 g/mol. The van der Waals surface area contributed by atoms with E-state index in [9.17, 15) is 0 Å². The molecule has 1 atom stereocenters. The van der Waals surface area contributed by atoms with E-state index < -0.39 is 0 Å². The third kappa shape index (κ3) is 3.02. The molecular formula is C20H26N2. The van der Waals surface area contributed by atoms with Crippen molar-refractivity contribution in [2.75, 3.05) is 25.5 Å². The summed E-state index contributed by atoms with van der Waals surface area (Å²) in [6.45, 7) is 5.54. The second-order valence-electron chi connectivity index (χ2n) is 6.51. The molecule has 1 aliphatic rings. The molecule has 116 valence electrons. The molecule has 1 aliphatic heterocycles. The van der Waals surface area contributed by atoms with Gasteiger partial charge in [0, 0.05) is 24.2 Å². The van der Waals surface area contributed by atoms with Gasteiger partial charge in [-0.3, -0.25) is 0 Å². The highest BCUT2D eigenvalue weighted by Crippen LogP contribution is 2.41. The highest BCUT2D eigenvalue weighted by molar-refractivity contribution is 5.60. The van der Waals surface area contributed by atoms with Gasteiger partial charge in [-0.25, -0.2) is 0 Å². The van der Waals surface area contributed by atoms with Crippen LogP contribution in [-0.2, 0) is 12.0 Å². The number of nitrogens with one attached hydrogen (secondary N) is 1. The minimum atomic E-state index is 0.293. The van der Waals surface area contributed by atoms with Crippen molar-refractivity contribution in [3.63, 3.8) is 0 Å². The van der Waals surface area contributed by atoms with Gasteiger partial charge in [0.15, 0.2) is 0 Å². The summed E-state index contributed by atoms with van der Waals surface area (Å²) in [5.41, 5.74) is 4.52. The lowest BCUT2D eigenvalue weighted by Gasteiger charge is -2.30. The lowest BCUT2D eigenvalue weighted by Crippen LogP contribution is -2.33.